The molecule has 0 N–H and O–H groups in total. The van der Waals surface area contributed by atoms with Crippen LogP contribution in [0.1, 0.15) is 15.9 Å². The van der Waals surface area contributed by atoms with E-state index >= 15 is 0 Å². The molecule has 1 heterocycles. The van der Waals surface area contributed by atoms with Crippen molar-refractivity contribution in [3.8, 4) is 0 Å². The van der Waals surface area contributed by atoms with E-state index in [-0.39, 0.29) is 17.2 Å². The molecule has 0 radical (unpaired) electrons. The Labute approximate surface area is 102 Å². The van der Waals surface area contributed by atoms with Crippen LogP contribution in [0.2, 0.25) is 5.02 Å². The van der Waals surface area contributed by atoms with Crippen molar-refractivity contribution in [1.29, 1.82) is 0 Å². The van der Waals surface area contributed by atoms with Gasteiger partial charge in [0.1, 0.15) is 12.1 Å². The molecule has 86 valence electrons. The average Bonchev–Trinajstić information content (AvgIpc) is 2.34. The number of carbonyl (C=O) groups excluding carboxylic acids is 1. The summed E-state index contributed by atoms with van der Waals surface area (Å²) < 4.78 is 12.8. The molecule has 5 heteroatoms. The average molecular weight is 251 g/mol. The fraction of sp³-hybridized carbons (Fsp3) is 0.0833. The molecule has 0 amide bonds. The number of aromatic nitrogens is 2. The molecule has 0 aliphatic carbocycles. The summed E-state index contributed by atoms with van der Waals surface area (Å²) >= 11 is 5.84. The van der Waals surface area contributed by atoms with Crippen LogP contribution in [-0.2, 0) is 6.42 Å². The van der Waals surface area contributed by atoms with Gasteiger partial charge < -0.3 is 0 Å². The molecule has 0 fully saturated rings. The maximum absolute atomic E-state index is 12.8. The van der Waals surface area contributed by atoms with Crippen LogP contribution >= 0.6 is 11.6 Å². The third kappa shape index (κ3) is 2.85. The van der Waals surface area contributed by atoms with Crippen LogP contribution in [0.5, 0.6) is 0 Å². The van der Waals surface area contributed by atoms with Crippen molar-refractivity contribution in [2.75, 3.05) is 0 Å². The lowest BCUT2D eigenvalue weighted by Gasteiger charge is -2.03. The summed E-state index contributed by atoms with van der Waals surface area (Å²) in [5, 5.41) is 0.246. The summed E-state index contributed by atoms with van der Waals surface area (Å²) in [5.41, 5.74) is 0.995. The van der Waals surface area contributed by atoms with Gasteiger partial charge >= 0.3 is 0 Å². The molecular formula is C12H8ClFN2O. The predicted octanol–water partition coefficient (Wildman–Crippen LogP) is 2.69. The van der Waals surface area contributed by atoms with E-state index in [0.29, 0.717) is 11.1 Å². The maximum Gasteiger partial charge on any atom is 0.170 e. The molecule has 0 aliphatic rings. The number of hydrogen-bond donors (Lipinski definition) is 0. The molecule has 3 nitrogen and oxygen atoms in total. The number of nitrogens with zero attached hydrogens (tertiary/aromatic N) is 2. The molecule has 0 saturated carbocycles. The Hall–Kier alpha value is -1.81. The molecule has 2 aromatic rings. The molecule has 0 bridgehead atoms. The third-order valence-electron chi connectivity index (χ3n) is 2.25. The van der Waals surface area contributed by atoms with Gasteiger partial charge in [0.05, 0.1) is 5.56 Å². The highest BCUT2D eigenvalue weighted by atomic mass is 35.5. The van der Waals surface area contributed by atoms with E-state index in [1.54, 1.807) is 0 Å². The first-order chi connectivity index (χ1) is 8.16. The van der Waals surface area contributed by atoms with Gasteiger partial charge in [-0.15, -0.1) is 0 Å². The Bertz CT molecular complexity index is 545. The van der Waals surface area contributed by atoms with E-state index in [1.165, 1.54) is 36.9 Å². The van der Waals surface area contributed by atoms with E-state index in [1.807, 2.05) is 0 Å². The van der Waals surface area contributed by atoms with Crippen LogP contribution in [0.3, 0.4) is 0 Å². The Morgan fingerprint density at radius 2 is 2.00 bits per heavy atom. The number of carbonyl (C=O) groups is 1. The first-order valence-electron chi connectivity index (χ1n) is 4.89. The van der Waals surface area contributed by atoms with Gasteiger partial charge in [0, 0.05) is 23.8 Å². The van der Waals surface area contributed by atoms with Gasteiger partial charge in [-0.25, -0.2) is 14.4 Å². The lowest BCUT2D eigenvalue weighted by Crippen LogP contribution is -2.05. The van der Waals surface area contributed by atoms with Crippen molar-refractivity contribution in [3.05, 3.63) is 58.9 Å². The molecule has 1 aromatic carbocycles. The highest BCUT2D eigenvalue weighted by Crippen LogP contribution is 2.18. The highest BCUT2D eigenvalue weighted by molar-refractivity contribution is 6.31. The second kappa shape index (κ2) is 5.01. The van der Waals surface area contributed by atoms with Gasteiger partial charge in [-0.2, -0.15) is 0 Å². The summed E-state index contributed by atoms with van der Waals surface area (Å²) in [6, 6.07) is 3.96. The van der Waals surface area contributed by atoms with Crippen molar-refractivity contribution in [3.63, 3.8) is 0 Å². The number of Topliss-reactive ketones (excluding diaryl/α,β-unsaturated/α-hetero) is 1. The van der Waals surface area contributed by atoms with Crippen LogP contribution in [0.25, 0.3) is 0 Å². The Balaban J connectivity index is 2.19. The first-order valence-corrected chi connectivity index (χ1v) is 5.27. The lowest BCUT2D eigenvalue weighted by atomic mass is 10.1. The molecule has 17 heavy (non-hydrogen) atoms. The quantitative estimate of drug-likeness (QED) is 0.787. The van der Waals surface area contributed by atoms with Crippen LogP contribution < -0.4 is 0 Å². The smallest absolute Gasteiger partial charge is 0.170 e. The molecule has 0 unspecified atom stereocenters. The largest absolute Gasteiger partial charge is 0.294 e. The second-order valence-corrected chi connectivity index (χ2v) is 3.87. The van der Waals surface area contributed by atoms with Crippen LogP contribution in [0.15, 0.2) is 36.9 Å². The van der Waals surface area contributed by atoms with Gasteiger partial charge in [-0.1, -0.05) is 17.7 Å². The van der Waals surface area contributed by atoms with Crippen molar-refractivity contribution in [1.82, 2.24) is 9.97 Å². The fourth-order valence-electron chi connectivity index (χ4n) is 1.38. The Morgan fingerprint density at radius 3 is 2.65 bits per heavy atom. The molecule has 2 rings (SSSR count). The van der Waals surface area contributed by atoms with Gasteiger partial charge in [0.15, 0.2) is 5.78 Å². The summed E-state index contributed by atoms with van der Waals surface area (Å²) in [5.74, 6) is -0.576. The van der Waals surface area contributed by atoms with Crippen molar-refractivity contribution in [2.24, 2.45) is 0 Å². The number of halogens is 2. The first kappa shape index (κ1) is 11.7. The van der Waals surface area contributed by atoms with Crippen molar-refractivity contribution >= 4 is 17.4 Å². The predicted molar refractivity (Wildman–Crippen MR) is 61.5 cm³/mol. The standard InChI is InChI=1S/C12H8ClFN2O/c13-11-4-10(14)2-1-8(11)3-12(17)9-5-15-7-16-6-9/h1-2,4-7H,3H2. The minimum Gasteiger partial charge on any atom is -0.294 e. The third-order valence-corrected chi connectivity index (χ3v) is 2.60. The number of ketones is 1. The van der Waals surface area contributed by atoms with Gasteiger partial charge in [0.25, 0.3) is 0 Å². The Morgan fingerprint density at radius 1 is 1.29 bits per heavy atom. The van der Waals surface area contributed by atoms with Crippen LogP contribution in [0, 0.1) is 5.82 Å². The monoisotopic (exact) mass is 250 g/mol. The fourth-order valence-corrected chi connectivity index (χ4v) is 1.62. The number of rotatable bonds is 3. The van der Waals surface area contributed by atoms with Gasteiger partial charge in [0.2, 0.25) is 0 Å². The van der Waals surface area contributed by atoms with E-state index in [4.69, 9.17) is 11.6 Å². The van der Waals surface area contributed by atoms with E-state index in [9.17, 15) is 9.18 Å². The summed E-state index contributed by atoms with van der Waals surface area (Å²) in [7, 11) is 0. The van der Waals surface area contributed by atoms with Crippen molar-refractivity contribution in [2.45, 2.75) is 6.42 Å². The van der Waals surface area contributed by atoms with Gasteiger partial charge in [-0.05, 0) is 17.7 Å². The topological polar surface area (TPSA) is 42.9 Å². The minimum atomic E-state index is -0.422. The molecule has 0 saturated heterocycles. The molecule has 0 atom stereocenters. The maximum atomic E-state index is 12.8. The normalized spacial score (nSPS) is 10.2. The molecular weight excluding hydrogens is 243 g/mol. The van der Waals surface area contributed by atoms with E-state index < -0.39 is 5.82 Å². The summed E-state index contributed by atoms with van der Waals surface area (Å²) in [6.45, 7) is 0. The number of benzene rings is 1. The zero-order chi connectivity index (χ0) is 12.3. The zero-order valence-electron chi connectivity index (χ0n) is 8.73. The summed E-state index contributed by atoms with van der Waals surface area (Å²) in [4.78, 5) is 19.3. The van der Waals surface area contributed by atoms with Crippen molar-refractivity contribution < 1.29 is 9.18 Å². The van der Waals surface area contributed by atoms with Crippen LogP contribution in [-0.4, -0.2) is 15.8 Å². The zero-order valence-corrected chi connectivity index (χ0v) is 9.49. The van der Waals surface area contributed by atoms with Crippen LogP contribution in [0.4, 0.5) is 4.39 Å². The van der Waals surface area contributed by atoms with E-state index in [0.717, 1.165) is 0 Å². The highest BCUT2D eigenvalue weighted by Gasteiger charge is 2.10. The molecule has 0 spiro atoms. The minimum absolute atomic E-state index is 0.104. The summed E-state index contributed by atoms with van der Waals surface area (Å²) in [6.07, 6.45) is 4.33. The number of hydrogen-bond acceptors (Lipinski definition) is 3. The second-order valence-electron chi connectivity index (χ2n) is 3.46. The molecule has 1 aromatic heterocycles. The SMILES string of the molecule is O=C(Cc1ccc(F)cc1Cl)c1cncnc1. The molecule has 0 aliphatic heterocycles. The lowest BCUT2D eigenvalue weighted by molar-refractivity contribution is 0.0992. The van der Waals surface area contributed by atoms with E-state index in [2.05, 4.69) is 9.97 Å². The van der Waals surface area contributed by atoms with Gasteiger partial charge in [-0.3, -0.25) is 4.79 Å². The Kier molecular flexibility index (Phi) is 3.44.